The van der Waals surface area contributed by atoms with Crippen LogP contribution in [-0.4, -0.2) is 35.1 Å². The third-order valence-corrected chi connectivity index (χ3v) is 10.4. The Balaban J connectivity index is 1.42. The first-order valence-corrected chi connectivity index (χ1v) is 11.6. The van der Waals surface area contributed by atoms with Crippen LogP contribution >= 0.6 is 0 Å². The van der Waals surface area contributed by atoms with E-state index in [1.807, 2.05) is 0 Å². The van der Waals surface area contributed by atoms with E-state index in [9.17, 15) is 9.59 Å². The lowest BCUT2D eigenvalue weighted by Crippen LogP contribution is -2.42. The standard InChI is InChI=1S/C25H36N2O2/c1-14(28)24-9-7-16(22(24,3)4)11-20(24)26-18-13-19(18)27-21-12-17-8-10-25(21,15(2)29)23(17,5)6/h16-19H,7-13H2,1-6H3/t16?,17?,18-,19-,24?,25?/m0/s1. The van der Waals surface area contributed by atoms with Gasteiger partial charge in [0.25, 0.3) is 0 Å². The Hall–Kier alpha value is -1.32. The van der Waals surface area contributed by atoms with Crippen LogP contribution in [0.3, 0.4) is 0 Å². The Labute approximate surface area is 175 Å². The lowest BCUT2D eigenvalue weighted by atomic mass is 9.66. The number of nitrogens with zero attached hydrogens (tertiary/aromatic N) is 2. The van der Waals surface area contributed by atoms with Crippen molar-refractivity contribution in [3.8, 4) is 0 Å². The predicted octanol–water partition coefficient (Wildman–Crippen LogP) is 4.84. The average molecular weight is 397 g/mol. The minimum absolute atomic E-state index is 0.0290. The van der Waals surface area contributed by atoms with E-state index < -0.39 is 0 Å². The van der Waals surface area contributed by atoms with Gasteiger partial charge in [0.1, 0.15) is 11.6 Å². The molecule has 0 spiro atoms. The van der Waals surface area contributed by atoms with Crippen LogP contribution in [-0.2, 0) is 9.59 Å². The number of Topliss-reactive ketones (excluding diaryl/α,β-unsaturated/α-hetero) is 2. The minimum atomic E-state index is -0.340. The van der Waals surface area contributed by atoms with Crippen LogP contribution in [0.2, 0.25) is 0 Å². The zero-order valence-electron chi connectivity index (χ0n) is 19.0. The highest BCUT2D eigenvalue weighted by molar-refractivity contribution is 6.13. The van der Waals surface area contributed by atoms with Crippen LogP contribution in [0.15, 0.2) is 9.98 Å². The molecular formula is C25H36N2O2. The molecule has 4 heteroatoms. The average Bonchev–Trinajstić information content (AvgIpc) is 3.07. The molecule has 5 rings (SSSR count). The lowest BCUT2D eigenvalue weighted by molar-refractivity contribution is -0.127. The first-order chi connectivity index (χ1) is 13.5. The van der Waals surface area contributed by atoms with E-state index in [0.717, 1.165) is 56.4 Å². The maximum absolute atomic E-state index is 12.7. The second kappa shape index (κ2) is 5.68. The summed E-state index contributed by atoms with van der Waals surface area (Å²) >= 11 is 0. The van der Waals surface area contributed by atoms with Gasteiger partial charge in [-0.3, -0.25) is 19.6 Å². The van der Waals surface area contributed by atoms with E-state index >= 15 is 0 Å². The van der Waals surface area contributed by atoms with Gasteiger partial charge in [0.15, 0.2) is 0 Å². The molecule has 0 N–H and O–H groups in total. The van der Waals surface area contributed by atoms with Crippen LogP contribution < -0.4 is 0 Å². The van der Waals surface area contributed by atoms with Gasteiger partial charge in [-0.1, -0.05) is 27.7 Å². The number of ketones is 2. The number of hydrogen-bond donors (Lipinski definition) is 0. The molecule has 0 saturated heterocycles. The summed E-state index contributed by atoms with van der Waals surface area (Å²) in [7, 11) is 0. The van der Waals surface area contributed by atoms with Gasteiger partial charge < -0.3 is 0 Å². The van der Waals surface area contributed by atoms with E-state index in [1.54, 1.807) is 13.8 Å². The molecule has 5 aliphatic rings. The molecule has 0 radical (unpaired) electrons. The van der Waals surface area contributed by atoms with Gasteiger partial charge in [0, 0.05) is 11.4 Å². The molecule has 5 saturated carbocycles. The van der Waals surface area contributed by atoms with Crippen molar-refractivity contribution < 1.29 is 9.59 Å². The normalized spacial score (nSPS) is 48.6. The smallest absolute Gasteiger partial charge is 0.142 e. The van der Waals surface area contributed by atoms with Gasteiger partial charge in [-0.05, 0) is 81.5 Å². The number of rotatable bonds is 4. The SMILES string of the molecule is CC(=O)C12CCC(CC1=N[C@H]1C[C@@H]1N=C1CC3CCC1(C(C)=O)C3(C)C)C2(C)C. The van der Waals surface area contributed by atoms with Crippen LogP contribution in [0, 0.1) is 33.5 Å². The van der Waals surface area contributed by atoms with Crippen LogP contribution in [0.1, 0.15) is 86.5 Å². The number of carbonyl (C=O) groups is 2. The zero-order chi connectivity index (χ0) is 21.0. The molecule has 6 atom stereocenters. The second-order valence-electron chi connectivity index (χ2n) is 11.8. The first kappa shape index (κ1) is 19.6. The quantitative estimate of drug-likeness (QED) is 0.683. The van der Waals surface area contributed by atoms with Crippen LogP contribution in [0.4, 0.5) is 0 Å². The Kier molecular flexibility index (Phi) is 3.84. The van der Waals surface area contributed by atoms with Gasteiger partial charge >= 0.3 is 0 Å². The van der Waals surface area contributed by atoms with Crippen molar-refractivity contribution in [2.24, 2.45) is 43.5 Å². The minimum Gasteiger partial charge on any atom is -0.299 e. The van der Waals surface area contributed by atoms with Crippen molar-refractivity contribution in [2.75, 3.05) is 0 Å². The molecule has 0 heterocycles. The van der Waals surface area contributed by atoms with E-state index in [-0.39, 0.29) is 33.7 Å². The zero-order valence-corrected chi connectivity index (χ0v) is 19.0. The molecule has 0 amide bonds. The van der Waals surface area contributed by atoms with Crippen LogP contribution in [0.5, 0.6) is 0 Å². The van der Waals surface area contributed by atoms with E-state index in [4.69, 9.17) is 9.98 Å². The Morgan fingerprint density at radius 3 is 1.45 bits per heavy atom. The van der Waals surface area contributed by atoms with E-state index in [2.05, 4.69) is 27.7 Å². The third kappa shape index (κ3) is 2.16. The summed E-state index contributed by atoms with van der Waals surface area (Å²) in [5.41, 5.74) is 1.70. The molecule has 0 aromatic rings. The van der Waals surface area contributed by atoms with Crippen molar-refractivity contribution in [3.05, 3.63) is 0 Å². The van der Waals surface area contributed by atoms with Gasteiger partial charge in [-0.25, -0.2) is 0 Å². The van der Waals surface area contributed by atoms with Crippen molar-refractivity contribution in [1.82, 2.24) is 0 Å². The molecule has 5 aliphatic carbocycles. The summed E-state index contributed by atoms with van der Waals surface area (Å²) in [5.74, 6) is 1.77. The fourth-order valence-corrected chi connectivity index (χ4v) is 8.24. The van der Waals surface area contributed by atoms with Crippen LogP contribution in [0.25, 0.3) is 0 Å². The number of carbonyl (C=O) groups excluding carboxylic acids is 2. The Bertz CT molecular complexity index is 796. The fraction of sp³-hybridized carbons (Fsp3) is 0.840. The van der Waals surface area contributed by atoms with Gasteiger partial charge in [-0.2, -0.15) is 0 Å². The molecule has 158 valence electrons. The first-order valence-electron chi connectivity index (χ1n) is 11.6. The Morgan fingerprint density at radius 2 is 1.14 bits per heavy atom. The molecule has 29 heavy (non-hydrogen) atoms. The monoisotopic (exact) mass is 396 g/mol. The van der Waals surface area contributed by atoms with Crippen molar-refractivity contribution in [2.45, 2.75) is 98.6 Å². The second-order valence-corrected chi connectivity index (χ2v) is 11.8. The van der Waals surface area contributed by atoms with Crippen molar-refractivity contribution in [3.63, 3.8) is 0 Å². The number of hydrogen-bond acceptors (Lipinski definition) is 4. The van der Waals surface area contributed by atoms with Gasteiger partial charge in [0.2, 0.25) is 0 Å². The highest BCUT2D eigenvalue weighted by Crippen LogP contribution is 2.66. The number of fused-ring (bicyclic) bond motifs is 4. The third-order valence-electron chi connectivity index (χ3n) is 10.4. The fourth-order valence-electron chi connectivity index (χ4n) is 8.24. The maximum Gasteiger partial charge on any atom is 0.142 e. The molecular weight excluding hydrogens is 360 g/mol. The van der Waals surface area contributed by atoms with E-state index in [1.165, 1.54) is 0 Å². The van der Waals surface area contributed by atoms with Crippen molar-refractivity contribution in [1.29, 1.82) is 0 Å². The predicted molar refractivity (Wildman–Crippen MR) is 116 cm³/mol. The Morgan fingerprint density at radius 1 is 0.759 bits per heavy atom. The maximum atomic E-state index is 12.7. The molecule has 0 aromatic carbocycles. The summed E-state index contributed by atoms with van der Waals surface area (Å²) < 4.78 is 0. The summed E-state index contributed by atoms with van der Waals surface area (Å²) in [4.78, 5) is 35.8. The van der Waals surface area contributed by atoms with Gasteiger partial charge in [-0.15, -0.1) is 0 Å². The molecule has 0 aromatic heterocycles. The lowest BCUT2D eigenvalue weighted by Gasteiger charge is -2.36. The molecule has 4 nitrogen and oxygen atoms in total. The molecule has 4 bridgehead atoms. The molecule has 5 fully saturated rings. The highest BCUT2D eigenvalue weighted by atomic mass is 16.1. The molecule has 4 unspecified atom stereocenters. The topological polar surface area (TPSA) is 58.9 Å². The summed E-state index contributed by atoms with van der Waals surface area (Å²) in [6, 6.07) is 0.435. The molecule has 0 aliphatic heterocycles. The van der Waals surface area contributed by atoms with Crippen molar-refractivity contribution >= 4 is 23.0 Å². The largest absolute Gasteiger partial charge is 0.299 e. The summed E-state index contributed by atoms with van der Waals surface area (Å²) in [5, 5.41) is 0. The summed E-state index contributed by atoms with van der Waals surface area (Å²) in [6.07, 6.45) is 7.18. The highest BCUT2D eigenvalue weighted by Gasteiger charge is 2.67. The van der Waals surface area contributed by atoms with Gasteiger partial charge in [0.05, 0.1) is 22.9 Å². The van der Waals surface area contributed by atoms with E-state index in [0.29, 0.717) is 23.4 Å². The summed E-state index contributed by atoms with van der Waals surface area (Å²) in [6.45, 7) is 12.6. The number of aliphatic imine (C=N–C) groups is 2.